The van der Waals surface area contributed by atoms with E-state index < -0.39 is 35.6 Å². The number of aliphatic imine (C=N–C) groups is 1. The zero-order valence-electron chi connectivity index (χ0n) is 25.0. The van der Waals surface area contributed by atoms with E-state index in [0.29, 0.717) is 40.8 Å². The van der Waals surface area contributed by atoms with Gasteiger partial charge in [0.2, 0.25) is 0 Å². The second kappa shape index (κ2) is 14.0. The monoisotopic (exact) mass is 645 g/mol. The van der Waals surface area contributed by atoms with E-state index in [4.69, 9.17) is 4.74 Å². The van der Waals surface area contributed by atoms with E-state index in [9.17, 15) is 36.0 Å². The van der Waals surface area contributed by atoms with Crippen LogP contribution in [0.15, 0.2) is 76.7 Å². The highest BCUT2D eigenvalue weighted by Crippen LogP contribution is 2.39. The Morgan fingerprint density at radius 2 is 1.63 bits per heavy atom. The number of nitroso groups, excluding NO2 is 1. The summed E-state index contributed by atoms with van der Waals surface area (Å²) >= 11 is 0. The lowest BCUT2D eigenvalue weighted by Gasteiger charge is -2.22. The van der Waals surface area contributed by atoms with Crippen LogP contribution < -0.4 is 4.74 Å². The van der Waals surface area contributed by atoms with Gasteiger partial charge in [0, 0.05) is 55.8 Å². The molecule has 1 aliphatic rings. The number of carbonyl (C=O) groups is 1. The summed E-state index contributed by atoms with van der Waals surface area (Å²) in [4.78, 5) is 38.2. The van der Waals surface area contributed by atoms with Gasteiger partial charge in [0.15, 0.2) is 5.82 Å². The van der Waals surface area contributed by atoms with Gasteiger partial charge in [-0.3, -0.25) is 4.99 Å². The number of halogens is 6. The average Bonchev–Trinajstić information content (AvgIpc) is 3.46. The van der Waals surface area contributed by atoms with E-state index >= 15 is 0 Å². The smallest absolute Gasteiger partial charge is 0.410 e. The lowest BCUT2D eigenvalue weighted by molar-refractivity contribution is -0.143. The van der Waals surface area contributed by atoms with E-state index in [1.807, 2.05) is 6.92 Å². The number of carbonyl (C=O) groups excluding carboxylic acids is 1. The Hall–Kier alpha value is -4.88. The maximum atomic E-state index is 13.7. The summed E-state index contributed by atoms with van der Waals surface area (Å²) in [6, 6.07) is 6.58. The molecule has 0 bridgehead atoms. The number of nitrogens with zero attached hydrogens (tertiary/aromatic N) is 5. The van der Waals surface area contributed by atoms with E-state index in [2.05, 4.69) is 20.1 Å². The highest BCUT2D eigenvalue weighted by molar-refractivity contribution is 6.09. The number of hydrogen-bond acceptors (Lipinski definition) is 7. The normalized spacial score (nSPS) is 17.0. The minimum Gasteiger partial charge on any atom is -0.410 e. The molecule has 0 saturated carbocycles. The number of likely N-dealkylation sites (tertiary alicyclic amines) is 1. The molecule has 1 amide bonds. The van der Waals surface area contributed by atoms with Gasteiger partial charge < -0.3 is 9.64 Å². The van der Waals surface area contributed by atoms with Crippen molar-refractivity contribution in [3.63, 3.8) is 0 Å². The van der Waals surface area contributed by atoms with Gasteiger partial charge in [0.05, 0.1) is 11.1 Å². The summed E-state index contributed by atoms with van der Waals surface area (Å²) in [7, 11) is 1.59. The molecule has 14 heteroatoms. The van der Waals surface area contributed by atoms with Crippen molar-refractivity contribution in [3.05, 3.63) is 99.5 Å². The van der Waals surface area contributed by atoms with Gasteiger partial charge in [-0.05, 0) is 84.1 Å². The van der Waals surface area contributed by atoms with Gasteiger partial charge in [-0.15, -0.1) is 4.91 Å². The van der Waals surface area contributed by atoms with Crippen LogP contribution in [-0.2, 0) is 18.8 Å². The first-order valence-corrected chi connectivity index (χ1v) is 14.1. The first-order valence-electron chi connectivity index (χ1n) is 14.1. The molecule has 0 aliphatic carbocycles. The van der Waals surface area contributed by atoms with Gasteiger partial charge in [-0.2, -0.15) is 26.3 Å². The second-order valence-electron chi connectivity index (χ2n) is 10.4. The first-order chi connectivity index (χ1) is 21.8. The first kappa shape index (κ1) is 34.0. The Balaban J connectivity index is 1.79. The Morgan fingerprint density at radius 1 is 1.02 bits per heavy atom. The maximum absolute atomic E-state index is 13.7. The molecular formula is C32H29F6N5O3. The molecule has 2 heterocycles. The molecule has 0 N–H and O–H groups in total. The van der Waals surface area contributed by atoms with Gasteiger partial charge >= 0.3 is 18.4 Å². The van der Waals surface area contributed by atoms with Gasteiger partial charge in [-0.25, -0.2) is 14.8 Å². The molecule has 1 saturated heterocycles. The Bertz CT molecular complexity index is 1630. The number of hydrogen-bond donors (Lipinski definition) is 0. The van der Waals surface area contributed by atoms with Crippen molar-refractivity contribution in [2.24, 2.45) is 10.2 Å². The van der Waals surface area contributed by atoms with Crippen LogP contribution in [0.4, 0.5) is 36.8 Å². The van der Waals surface area contributed by atoms with Crippen molar-refractivity contribution < 1.29 is 35.9 Å². The quantitative estimate of drug-likeness (QED) is 0.139. The number of allylic oxidation sites excluding steroid dienone is 3. The van der Waals surface area contributed by atoms with Crippen molar-refractivity contribution in [1.82, 2.24) is 14.9 Å². The fourth-order valence-electron chi connectivity index (χ4n) is 5.10. The molecule has 1 aromatic heterocycles. The van der Waals surface area contributed by atoms with Crippen LogP contribution in [0.25, 0.3) is 11.1 Å². The zero-order valence-corrected chi connectivity index (χ0v) is 25.0. The molecule has 1 aliphatic heterocycles. The molecule has 242 valence electrons. The minimum atomic E-state index is -5.02. The number of amides is 1. The number of alkyl halides is 6. The van der Waals surface area contributed by atoms with E-state index in [0.717, 1.165) is 0 Å². The third kappa shape index (κ3) is 8.03. The summed E-state index contributed by atoms with van der Waals surface area (Å²) in [6.45, 7) is 3.59. The van der Waals surface area contributed by atoms with Gasteiger partial charge in [0.25, 0.3) is 0 Å². The summed E-state index contributed by atoms with van der Waals surface area (Å²) in [6.07, 6.45) is -4.05. The summed E-state index contributed by atoms with van der Waals surface area (Å²) < 4.78 is 87.5. The molecule has 0 unspecified atom stereocenters. The summed E-state index contributed by atoms with van der Waals surface area (Å²) in [5.74, 6) is 0.249. The highest BCUT2D eigenvalue weighted by atomic mass is 19.4. The maximum Gasteiger partial charge on any atom is 0.416 e. The third-order valence-corrected chi connectivity index (χ3v) is 7.43. The van der Waals surface area contributed by atoms with Crippen molar-refractivity contribution in [3.8, 4) is 5.75 Å². The predicted molar refractivity (Wildman–Crippen MR) is 160 cm³/mol. The second-order valence-corrected chi connectivity index (χ2v) is 10.4. The van der Waals surface area contributed by atoms with Gasteiger partial charge in [0.1, 0.15) is 11.4 Å². The highest BCUT2D eigenvalue weighted by Gasteiger charge is 2.38. The standard InChI is InChI=1S/C32H29F6N5O3/c1-4-20(15-39-3)22-16-40-29(41-17-22)28(12-19-10-23(31(33,34)35)14-24(11-19)32(36,37)38)21-13-26(5-2)43(18-21)30(44)46-27-8-6-25(42-45)7-9-27/h4,6-11,14-17,26H,5,12-13,18H2,1-3H3/b20-4+,28-21+,39-15-/t26-/m1/s1. The fourth-order valence-corrected chi connectivity index (χ4v) is 5.10. The largest absolute Gasteiger partial charge is 0.416 e. The average molecular weight is 646 g/mol. The molecule has 2 aromatic carbocycles. The molecule has 0 radical (unpaired) electrons. The fraction of sp³-hybridized carbons (Fsp3) is 0.312. The van der Waals surface area contributed by atoms with Crippen LogP contribution in [0.3, 0.4) is 0 Å². The topological polar surface area (TPSA) is 97.1 Å². The van der Waals surface area contributed by atoms with E-state index in [1.54, 1.807) is 26.3 Å². The van der Waals surface area contributed by atoms with Crippen LogP contribution in [0.2, 0.25) is 0 Å². The summed E-state index contributed by atoms with van der Waals surface area (Å²) in [5.41, 5.74) is -0.832. The van der Waals surface area contributed by atoms with Crippen LogP contribution in [0.1, 0.15) is 54.8 Å². The molecule has 46 heavy (non-hydrogen) atoms. The number of rotatable bonds is 8. The Morgan fingerprint density at radius 3 is 2.13 bits per heavy atom. The number of aromatic nitrogens is 2. The molecule has 8 nitrogen and oxygen atoms in total. The lowest BCUT2D eigenvalue weighted by atomic mass is 9.94. The molecule has 3 aromatic rings. The van der Waals surface area contributed by atoms with Crippen molar-refractivity contribution >= 4 is 29.1 Å². The lowest BCUT2D eigenvalue weighted by Crippen LogP contribution is -2.37. The summed E-state index contributed by atoms with van der Waals surface area (Å²) in [5, 5.41) is 2.80. The molecule has 0 spiro atoms. The molecule has 1 fully saturated rings. The molecular weight excluding hydrogens is 616 g/mol. The predicted octanol–water partition coefficient (Wildman–Crippen LogP) is 8.70. The number of benzene rings is 2. The zero-order chi connectivity index (χ0) is 33.6. The van der Waals surface area contributed by atoms with Gasteiger partial charge in [-0.1, -0.05) is 13.0 Å². The molecule has 4 rings (SSSR count). The van der Waals surface area contributed by atoms with Crippen molar-refractivity contribution in [1.29, 1.82) is 0 Å². The van der Waals surface area contributed by atoms with Crippen molar-refractivity contribution in [2.75, 3.05) is 13.6 Å². The minimum absolute atomic E-state index is 0.0283. The third-order valence-electron chi connectivity index (χ3n) is 7.43. The van der Waals surface area contributed by atoms with Crippen molar-refractivity contribution in [2.45, 2.75) is 51.5 Å². The SMILES string of the molecule is C/C=C(\C=N/C)c1cnc(/C(Cc2cc(C(F)(F)F)cc(C(F)(F)F)c2)=C2\C[C@@H](CC)N(C(=O)Oc3ccc(N=O)cc3)C2)nc1. The Labute approximate surface area is 260 Å². The molecule has 1 atom stereocenters. The van der Waals surface area contributed by atoms with Crippen LogP contribution in [0.5, 0.6) is 5.75 Å². The Kier molecular flexibility index (Phi) is 10.4. The van der Waals surface area contributed by atoms with E-state index in [-0.39, 0.29) is 48.3 Å². The number of ether oxygens (including phenoxy) is 1. The van der Waals surface area contributed by atoms with Crippen LogP contribution in [-0.4, -0.2) is 46.8 Å². The van der Waals surface area contributed by atoms with E-state index in [1.165, 1.54) is 41.6 Å². The van der Waals surface area contributed by atoms with Crippen LogP contribution in [0, 0.1) is 4.91 Å². The van der Waals surface area contributed by atoms with Crippen LogP contribution >= 0.6 is 0 Å².